The van der Waals surface area contributed by atoms with Gasteiger partial charge in [0.05, 0.1) is 0 Å². The highest BCUT2D eigenvalue weighted by Gasteiger charge is 2.37. The molecule has 0 heterocycles. The van der Waals surface area contributed by atoms with E-state index in [1.165, 1.54) is 70.6 Å². The lowest BCUT2D eigenvalue weighted by Crippen LogP contribution is -2.34. The standard InChI is InChI=1S/C19H35F/c1-3-5-9-15(4-2)18-13-12-17(14-19(18)20)16-10-7-6-8-11-16/h15-19H,3-14H2,1-2H3. The molecule has 0 saturated heterocycles. The summed E-state index contributed by atoms with van der Waals surface area (Å²) >= 11 is 0. The van der Waals surface area contributed by atoms with E-state index in [1.807, 2.05) is 0 Å². The van der Waals surface area contributed by atoms with Crippen LogP contribution in [0.25, 0.3) is 0 Å². The van der Waals surface area contributed by atoms with Crippen molar-refractivity contribution >= 4 is 0 Å². The van der Waals surface area contributed by atoms with Gasteiger partial charge in [-0.05, 0) is 42.9 Å². The van der Waals surface area contributed by atoms with Gasteiger partial charge < -0.3 is 0 Å². The molecule has 0 bridgehead atoms. The van der Waals surface area contributed by atoms with Gasteiger partial charge in [0, 0.05) is 0 Å². The maximum atomic E-state index is 14.7. The zero-order valence-corrected chi connectivity index (χ0v) is 13.7. The Morgan fingerprint density at radius 3 is 2.30 bits per heavy atom. The predicted molar refractivity (Wildman–Crippen MR) is 85.6 cm³/mol. The van der Waals surface area contributed by atoms with Crippen LogP contribution in [0.3, 0.4) is 0 Å². The SMILES string of the molecule is CCCCC(CC)C1CCC(C2CCCCC2)CC1F. The number of hydrogen-bond acceptors (Lipinski definition) is 0. The second-order valence-corrected chi connectivity index (χ2v) is 7.46. The van der Waals surface area contributed by atoms with E-state index in [1.54, 1.807) is 0 Å². The first kappa shape index (κ1) is 16.3. The second-order valence-electron chi connectivity index (χ2n) is 7.46. The summed E-state index contributed by atoms with van der Waals surface area (Å²) in [5.74, 6) is 2.60. The monoisotopic (exact) mass is 282 g/mol. The molecule has 0 amide bonds. The Morgan fingerprint density at radius 1 is 0.950 bits per heavy atom. The zero-order chi connectivity index (χ0) is 14.4. The first-order valence-corrected chi connectivity index (χ1v) is 9.40. The molecule has 0 spiro atoms. The van der Waals surface area contributed by atoms with Crippen molar-refractivity contribution in [1.29, 1.82) is 0 Å². The maximum Gasteiger partial charge on any atom is 0.103 e. The van der Waals surface area contributed by atoms with Crippen molar-refractivity contribution in [3.8, 4) is 0 Å². The Kier molecular flexibility index (Phi) is 6.84. The Hall–Kier alpha value is -0.0700. The van der Waals surface area contributed by atoms with Crippen molar-refractivity contribution < 1.29 is 4.39 Å². The van der Waals surface area contributed by atoms with Crippen LogP contribution < -0.4 is 0 Å². The molecule has 2 aliphatic carbocycles. The molecule has 0 nitrogen and oxygen atoms in total. The summed E-state index contributed by atoms with van der Waals surface area (Å²) in [6, 6.07) is 0. The molecular weight excluding hydrogens is 247 g/mol. The molecule has 4 unspecified atom stereocenters. The minimum Gasteiger partial charge on any atom is -0.247 e. The highest BCUT2D eigenvalue weighted by atomic mass is 19.1. The molecule has 2 aliphatic rings. The van der Waals surface area contributed by atoms with Crippen LogP contribution in [0.5, 0.6) is 0 Å². The number of hydrogen-bond donors (Lipinski definition) is 0. The minimum absolute atomic E-state index is 0.381. The normalized spacial score (nSPS) is 34.0. The summed E-state index contributed by atoms with van der Waals surface area (Å²) < 4.78 is 14.7. The van der Waals surface area contributed by atoms with Crippen molar-refractivity contribution in [1.82, 2.24) is 0 Å². The van der Waals surface area contributed by atoms with Crippen molar-refractivity contribution in [3.63, 3.8) is 0 Å². The third-order valence-electron chi connectivity index (χ3n) is 6.24. The van der Waals surface area contributed by atoms with Gasteiger partial charge in [-0.2, -0.15) is 0 Å². The van der Waals surface area contributed by atoms with Crippen molar-refractivity contribution in [3.05, 3.63) is 0 Å². The zero-order valence-electron chi connectivity index (χ0n) is 13.7. The van der Waals surface area contributed by atoms with E-state index in [9.17, 15) is 4.39 Å². The third-order valence-corrected chi connectivity index (χ3v) is 6.24. The molecule has 0 aliphatic heterocycles. The summed E-state index contributed by atoms with van der Waals surface area (Å²) in [5.41, 5.74) is 0. The fourth-order valence-electron chi connectivity index (χ4n) is 4.92. The van der Waals surface area contributed by atoms with Crippen molar-refractivity contribution in [2.75, 3.05) is 0 Å². The van der Waals surface area contributed by atoms with Crippen LogP contribution in [-0.2, 0) is 0 Å². The second kappa shape index (κ2) is 8.39. The average Bonchev–Trinajstić information content (AvgIpc) is 2.50. The number of halogens is 1. The third kappa shape index (κ3) is 4.21. The van der Waals surface area contributed by atoms with E-state index in [4.69, 9.17) is 0 Å². The van der Waals surface area contributed by atoms with E-state index >= 15 is 0 Å². The molecule has 0 radical (unpaired) electrons. The van der Waals surface area contributed by atoms with Gasteiger partial charge in [-0.3, -0.25) is 0 Å². The lowest BCUT2D eigenvalue weighted by molar-refractivity contribution is 0.0487. The van der Waals surface area contributed by atoms with Crippen molar-refractivity contribution in [2.45, 2.75) is 97.1 Å². The minimum atomic E-state index is -0.502. The molecule has 2 fully saturated rings. The summed E-state index contributed by atoms with van der Waals surface area (Å²) in [5, 5.41) is 0. The topological polar surface area (TPSA) is 0 Å². The van der Waals surface area contributed by atoms with Gasteiger partial charge in [0.25, 0.3) is 0 Å². The van der Waals surface area contributed by atoms with E-state index in [2.05, 4.69) is 13.8 Å². The van der Waals surface area contributed by atoms with Gasteiger partial charge in [-0.1, -0.05) is 71.6 Å². The van der Waals surface area contributed by atoms with Crippen LogP contribution in [0.1, 0.15) is 90.9 Å². The maximum absolute atomic E-state index is 14.7. The molecule has 20 heavy (non-hydrogen) atoms. The highest BCUT2D eigenvalue weighted by Crippen LogP contribution is 2.44. The summed E-state index contributed by atoms with van der Waals surface area (Å²) in [6.07, 6.45) is 14.8. The van der Waals surface area contributed by atoms with Crippen LogP contribution in [0.2, 0.25) is 0 Å². The Bertz CT molecular complexity index is 256. The molecular formula is C19H35F. The van der Waals surface area contributed by atoms with Gasteiger partial charge in [-0.15, -0.1) is 0 Å². The number of alkyl halides is 1. The van der Waals surface area contributed by atoms with Crippen LogP contribution in [-0.4, -0.2) is 6.17 Å². The summed E-state index contributed by atoms with van der Waals surface area (Å²) in [7, 11) is 0. The van der Waals surface area contributed by atoms with Crippen LogP contribution in [0.15, 0.2) is 0 Å². The van der Waals surface area contributed by atoms with Crippen LogP contribution >= 0.6 is 0 Å². The molecule has 0 aromatic rings. The van der Waals surface area contributed by atoms with Gasteiger partial charge in [-0.25, -0.2) is 4.39 Å². The van der Waals surface area contributed by atoms with Gasteiger partial charge in [0.15, 0.2) is 0 Å². The lowest BCUT2D eigenvalue weighted by atomic mass is 9.67. The van der Waals surface area contributed by atoms with Gasteiger partial charge in [0.2, 0.25) is 0 Å². The average molecular weight is 282 g/mol. The van der Waals surface area contributed by atoms with E-state index < -0.39 is 6.17 Å². The Balaban J connectivity index is 1.84. The first-order chi connectivity index (χ1) is 9.76. The van der Waals surface area contributed by atoms with E-state index in [0.717, 1.165) is 12.3 Å². The largest absolute Gasteiger partial charge is 0.247 e. The fraction of sp³-hybridized carbons (Fsp3) is 1.00. The molecule has 0 aromatic carbocycles. The summed E-state index contributed by atoms with van der Waals surface area (Å²) in [6.45, 7) is 4.51. The summed E-state index contributed by atoms with van der Waals surface area (Å²) in [4.78, 5) is 0. The molecule has 0 N–H and O–H groups in total. The highest BCUT2D eigenvalue weighted by molar-refractivity contribution is 4.87. The molecule has 1 heteroatoms. The van der Waals surface area contributed by atoms with Crippen LogP contribution in [0, 0.1) is 23.7 Å². The Labute approximate surface area is 125 Å². The van der Waals surface area contributed by atoms with Crippen molar-refractivity contribution in [2.24, 2.45) is 23.7 Å². The quantitative estimate of drug-likeness (QED) is 0.519. The van der Waals surface area contributed by atoms with Gasteiger partial charge >= 0.3 is 0 Å². The number of rotatable bonds is 6. The fourth-order valence-corrected chi connectivity index (χ4v) is 4.92. The number of unbranched alkanes of at least 4 members (excludes halogenated alkanes) is 1. The van der Waals surface area contributed by atoms with Gasteiger partial charge in [0.1, 0.15) is 6.17 Å². The first-order valence-electron chi connectivity index (χ1n) is 9.40. The smallest absolute Gasteiger partial charge is 0.103 e. The Morgan fingerprint density at radius 2 is 1.70 bits per heavy atom. The molecule has 0 aromatic heterocycles. The predicted octanol–water partition coefficient (Wildman–Crippen LogP) is 6.54. The molecule has 2 rings (SSSR count). The van der Waals surface area contributed by atoms with Crippen LogP contribution in [0.4, 0.5) is 4.39 Å². The lowest BCUT2D eigenvalue weighted by Gasteiger charge is -2.40. The van der Waals surface area contributed by atoms with E-state index in [0.29, 0.717) is 17.8 Å². The molecule has 4 atom stereocenters. The molecule has 118 valence electrons. The molecule has 2 saturated carbocycles. The van der Waals surface area contributed by atoms with E-state index in [-0.39, 0.29) is 0 Å².